The number of piperidine rings is 1. The van der Waals surface area contributed by atoms with Crippen LogP contribution in [-0.2, 0) is 11.2 Å². The van der Waals surface area contributed by atoms with Crippen LogP contribution in [0.15, 0.2) is 24.3 Å². The first kappa shape index (κ1) is 14.1. The number of nitrogens with one attached hydrogen (secondary N) is 1. The van der Waals surface area contributed by atoms with Crippen molar-refractivity contribution >= 4 is 5.97 Å². The Labute approximate surface area is 115 Å². The van der Waals surface area contributed by atoms with Crippen molar-refractivity contribution in [3.05, 3.63) is 35.4 Å². The molecule has 3 nitrogen and oxygen atoms in total. The van der Waals surface area contributed by atoms with Gasteiger partial charge >= 0.3 is 5.97 Å². The zero-order valence-electron chi connectivity index (χ0n) is 11.8. The van der Waals surface area contributed by atoms with Gasteiger partial charge in [0.05, 0.1) is 5.41 Å². The van der Waals surface area contributed by atoms with Crippen LogP contribution in [0.25, 0.3) is 0 Å². The lowest BCUT2D eigenvalue weighted by Gasteiger charge is -2.33. The molecule has 19 heavy (non-hydrogen) atoms. The van der Waals surface area contributed by atoms with Crippen LogP contribution in [0.1, 0.15) is 43.7 Å². The number of carboxylic acid groups (broad SMARTS) is 1. The van der Waals surface area contributed by atoms with Gasteiger partial charge < -0.3 is 10.4 Å². The molecule has 1 atom stereocenters. The maximum absolute atomic E-state index is 11.6. The zero-order valence-corrected chi connectivity index (χ0v) is 11.8. The minimum absolute atomic E-state index is 0.513. The summed E-state index contributed by atoms with van der Waals surface area (Å²) in [5.41, 5.74) is 1.79. The minimum atomic E-state index is -0.673. The van der Waals surface area contributed by atoms with Crippen LogP contribution in [0, 0.1) is 5.41 Å². The van der Waals surface area contributed by atoms with Crippen molar-refractivity contribution in [2.45, 2.75) is 39.0 Å². The third-order valence-electron chi connectivity index (χ3n) is 4.11. The lowest BCUT2D eigenvalue weighted by Crippen LogP contribution is -2.47. The molecule has 1 unspecified atom stereocenters. The van der Waals surface area contributed by atoms with E-state index in [1.54, 1.807) is 0 Å². The van der Waals surface area contributed by atoms with Gasteiger partial charge in [-0.15, -0.1) is 0 Å². The van der Waals surface area contributed by atoms with E-state index in [2.05, 4.69) is 43.4 Å². The van der Waals surface area contributed by atoms with E-state index in [4.69, 9.17) is 0 Å². The van der Waals surface area contributed by atoms with E-state index in [1.165, 1.54) is 5.56 Å². The molecule has 1 aliphatic heterocycles. The van der Waals surface area contributed by atoms with E-state index >= 15 is 0 Å². The molecule has 0 aromatic heterocycles. The number of carbonyl (C=O) groups is 1. The van der Waals surface area contributed by atoms with Crippen LogP contribution >= 0.6 is 0 Å². The third-order valence-corrected chi connectivity index (χ3v) is 4.11. The maximum Gasteiger partial charge on any atom is 0.311 e. The SMILES string of the molecule is CC(C)c1ccc(CC2(C(=O)O)CCCNC2)cc1. The maximum atomic E-state index is 11.6. The first-order valence-corrected chi connectivity index (χ1v) is 7.06. The smallest absolute Gasteiger partial charge is 0.311 e. The normalized spacial score (nSPS) is 23.5. The first-order valence-electron chi connectivity index (χ1n) is 7.06. The summed E-state index contributed by atoms with van der Waals surface area (Å²) in [5, 5.41) is 12.8. The number of carboxylic acids is 1. The molecule has 0 spiro atoms. The summed E-state index contributed by atoms with van der Waals surface area (Å²) in [5.74, 6) is -0.161. The molecular weight excluding hydrogens is 238 g/mol. The molecule has 0 aliphatic carbocycles. The summed E-state index contributed by atoms with van der Waals surface area (Å²) >= 11 is 0. The van der Waals surface area contributed by atoms with Crippen molar-refractivity contribution in [3.63, 3.8) is 0 Å². The second-order valence-electron chi connectivity index (χ2n) is 5.94. The van der Waals surface area contributed by atoms with Crippen LogP contribution in [0.4, 0.5) is 0 Å². The molecule has 0 radical (unpaired) electrons. The molecule has 0 amide bonds. The van der Waals surface area contributed by atoms with Crippen LogP contribution in [0.3, 0.4) is 0 Å². The molecule has 2 rings (SSSR count). The molecule has 2 N–H and O–H groups in total. The standard InChI is InChI=1S/C16H23NO2/c1-12(2)14-6-4-13(5-7-14)10-16(15(18)19)8-3-9-17-11-16/h4-7,12,17H,3,8-11H2,1-2H3,(H,18,19). The van der Waals surface area contributed by atoms with Crippen LogP contribution in [0.2, 0.25) is 0 Å². The van der Waals surface area contributed by atoms with Gasteiger partial charge in [-0.1, -0.05) is 38.1 Å². The minimum Gasteiger partial charge on any atom is -0.481 e. The molecule has 1 saturated heterocycles. The predicted molar refractivity (Wildman–Crippen MR) is 76.4 cm³/mol. The van der Waals surface area contributed by atoms with E-state index in [9.17, 15) is 9.90 Å². The summed E-state index contributed by atoms with van der Waals surface area (Å²) in [6.07, 6.45) is 2.32. The van der Waals surface area contributed by atoms with Crippen molar-refractivity contribution in [1.82, 2.24) is 5.32 Å². The zero-order chi connectivity index (χ0) is 13.9. The van der Waals surface area contributed by atoms with Gasteiger partial charge in [0, 0.05) is 6.54 Å². The largest absolute Gasteiger partial charge is 0.481 e. The summed E-state index contributed by atoms with van der Waals surface area (Å²) in [4.78, 5) is 11.6. The van der Waals surface area contributed by atoms with Gasteiger partial charge in [-0.25, -0.2) is 0 Å². The Bertz CT molecular complexity index is 431. The van der Waals surface area contributed by atoms with Crippen molar-refractivity contribution in [1.29, 1.82) is 0 Å². The second kappa shape index (κ2) is 5.74. The van der Waals surface area contributed by atoms with Crippen molar-refractivity contribution in [2.75, 3.05) is 13.1 Å². The molecule has 1 aromatic rings. The van der Waals surface area contributed by atoms with Crippen LogP contribution in [0.5, 0.6) is 0 Å². The second-order valence-corrected chi connectivity index (χ2v) is 5.94. The molecule has 1 aliphatic rings. The van der Waals surface area contributed by atoms with Crippen molar-refractivity contribution in [2.24, 2.45) is 5.41 Å². The van der Waals surface area contributed by atoms with E-state index in [0.29, 0.717) is 18.9 Å². The van der Waals surface area contributed by atoms with Gasteiger partial charge in [0.1, 0.15) is 0 Å². The van der Waals surface area contributed by atoms with Crippen LogP contribution in [-0.4, -0.2) is 24.2 Å². The Morgan fingerprint density at radius 2 is 2.05 bits per heavy atom. The predicted octanol–water partition coefficient (Wildman–Crippen LogP) is 2.81. The fraction of sp³-hybridized carbons (Fsp3) is 0.562. The summed E-state index contributed by atoms with van der Waals surface area (Å²) in [6.45, 7) is 5.84. The number of rotatable bonds is 4. The van der Waals surface area contributed by atoms with E-state index in [-0.39, 0.29) is 0 Å². The molecule has 1 fully saturated rings. The Hall–Kier alpha value is -1.35. The summed E-state index contributed by atoms with van der Waals surface area (Å²) < 4.78 is 0. The lowest BCUT2D eigenvalue weighted by atomic mass is 9.75. The Balaban J connectivity index is 2.15. The highest BCUT2D eigenvalue weighted by atomic mass is 16.4. The number of aliphatic carboxylic acids is 1. The molecule has 0 bridgehead atoms. The summed E-state index contributed by atoms with van der Waals surface area (Å²) in [7, 11) is 0. The highest BCUT2D eigenvalue weighted by Crippen LogP contribution is 2.31. The van der Waals surface area contributed by atoms with Gasteiger partial charge in [0.25, 0.3) is 0 Å². The van der Waals surface area contributed by atoms with Gasteiger partial charge in [-0.05, 0) is 42.9 Å². The third kappa shape index (κ3) is 3.16. The van der Waals surface area contributed by atoms with Gasteiger partial charge in [0.2, 0.25) is 0 Å². The van der Waals surface area contributed by atoms with E-state index in [0.717, 1.165) is 24.9 Å². The molecular formula is C16H23NO2. The van der Waals surface area contributed by atoms with Gasteiger partial charge in [0.15, 0.2) is 0 Å². The Kier molecular flexibility index (Phi) is 4.25. The molecule has 1 aromatic carbocycles. The van der Waals surface area contributed by atoms with Crippen molar-refractivity contribution in [3.8, 4) is 0 Å². The first-order chi connectivity index (χ1) is 9.03. The molecule has 0 saturated carbocycles. The summed E-state index contributed by atoms with van der Waals surface area (Å²) in [6, 6.07) is 8.39. The number of hydrogen-bond donors (Lipinski definition) is 2. The van der Waals surface area contributed by atoms with Gasteiger partial charge in [-0.2, -0.15) is 0 Å². The number of hydrogen-bond acceptors (Lipinski definition) is 2. The highest BCUT2D eigenvalue weighted by Gasteiger charge is 2.39. The Morgan fingerprint density at radius 1 is 1.37 bits per heavy atom. The number of benzene rings is 1. The molecule has 104 valence electrons. The van der Waals surface area contributed by atoms with E-state index in [1.807, 2.05) is 0 Å². The van der Waals surface area contributed by atoms with Crippen molar-refractivity contribution < 1.29 is 9.90 Å². The Morgan fingerprint density at radius 3 is 2.53 bits per heavy atom. The van der Waals surface area contributed by atoms with Gasteiger partial charge in [-0.3, -0.25) is 4.79 Å². The highest BCUT2D eigenvalue weighted by molar-refractivity contribution is 5.75. The average molecular weight is 261 g/mol. The quantitative estimate of drug-likeness (QED) is 0.876. The molecule has 3 heteroatoms. The monoisotopic (exact) mass is 261 g/mol. The molecule has 1 heterocycles. The fourth-order valence-electron chi connectivity index (χ4n) is 2.79. The topological polar surface area (TPSA) is 49.3 Å². The fourth-order valence-corrected chi connectivity index (χ4v) is 2.79. The average Bonchev–Trinajstić information content (AvgIpc) is 2.40. The van der Waals surface area contributed by atoms with Crippen LogP contribution < -0.4 is 5.32 Å². The van der Waals surface area contributed by atoms with E-state index < -0.39 is 11.4 Å². The lowest BCUT2D eigenvalue weighted by molar-refractivity contribution is -0.150.